The number of anilines is 1. The van der Waals surface area contributed by atoms with Crippen molar-refractivity contribution in [1.29, 1.82) is 0 Å². The van der Waals surface area contributed by atoms with Crippen molar-refractivity contribution in [3.8, 4) is 0 Å². The molecule has 1 aromatic rings. The lowest BCUT2D eigenvalue weighted by Crippen LogP contribution is -2.43. The molecule has 0 radical (unpaired) electrons. The van der Waals surface area contributed by atoms with Crippen LogP contribution in [0.25, 0.3) is 0 Å². The molecule has 19 heavy (non-hydrogen) atoms. The van der Waals surface area contributed by atoms with Crippen LogP contribution in [0.3, 0.4) is 0 Å². The lowest BCUT2D eigenvalue weighted by atomic mass is 10.1. The summed E-state index contributed by atoms with van der Waals surface area (Å²) >= 11 is 0. The molecule has 104 valence electrons. The topological polar surface area (TPSA) is 89.2 Å². The number of nitrogens with two attached hydrogens (primary N) is 1. The highest BCUT2D eigenvalue weighted by atomic mass is 32.2. The highest BCUT2D eigenvalue weighted by molar-refractivity contribution is 7.90. The third-order valence-corrected chi connectivity index (χ3v) is 5.28. The van der Waals surface area contributed by atoms with E-state index in [9.17, 15) is 8.42 Å². The standard InChI is InChI=1S/C12H18N4O2S/c13-10-2-1-4-16(7-10)12-14-6-9-8-19(17,18)5-3-11(9)15-12/h6,10H,1-5,7-8,13H2. The van der Waals surface area contributed by atoms with E-state index in [4.69, 9.17) is 5.73 Å². The summed E-state index contributed by atoms with van der Waals surface area (Å²) in [5.41, 5.74) is 7.58. The molecule has 1 atom stereocenters. The van der Waals surface area contributed by atoms with Crippen molar-refractivity contribution >= 4 is 15.8 Å². The van der Waals surface area contributed by atoms with Gasteiger partial charge in [-0.1, -0.05) is 0 Å². The Balaban J connectivity index is 1.86. The fraction of sp³-hybridized carbons (Fsp3) is 0.667. The van der Waals surface area contributed by atoms with Crippen LogP contribution in [0.2, 0.25) is 0 Å². The van der Waals surface area contributed by atoms with Crippen molar-refractivity contribution in [1.82, 2.24) is 9.97 Å². The van der Waals surface area contributed by atoms with Gasteiger partial charge in [0.25, 0.3) is 0 Å². The largest absolute Gasteiger partial charge is 0.339 e. The molecule has 3 heterocycles. The molecule has 1 aromatic heterocycles. The van der Waals surface area contributed by atoms with Crippen LogP contribution in [0.1, 0.15) is 24.1 Å². The second-order valence-electron chi connectivity index (χ2n) is 5.33. The van der Waals surface area contributed by atoms with Crippen molar-refractivity contribution in [3.05, 3.63) is 17.5 Å². The zero-order valence-corrected chi connectivity index (χ0v) is 11.6. The Labute approximate surface area is 113 Å². The number of hydrogen-bond donors (Lipinski definition) is 1. The third-order valence-electron chi connectivity index (χ3n) is 3.71. The minimum Gasteiger partial charge on any atom is -0.339 e. The van der Waals surface area contributed by atoms with Crippen LogP contribution in [0.5, 0.6) is 0 Å². The fourth-order valence-electron chi connectivity index (χ4n) is 2.67. The number of hydrogen-bond acceptors (Lipinski definition) is 6. The van der Waals surface area contributed by atoms with Crippen molar-refractivity contribution < 1.29 is 8.42 Å². The molecule has 0 bridgehead atoms. The summed E-state index contributed by atoms with van der Waals surface area (Å²) in [6, 6.07) is 0.175. The molecule has 3 rings (SSSR count). The van der Waals surface area contributed by atoms with Crippen molar-refractivity contribution in [2.45, 2.75) is 31.1 Å². The van der Waals surface area contributed by atoms with Crippen LogP contribution in [-0.4, -0.2) is 43.3 Å². The minimum atomic E-state index is -2.96. The first kappa shape index (κ1) is 12.8. The van der Waals surface area contributed by atoms with Gasteiger partial charge >= 0.3 is 0 Å². The Morgan fingerprint density at radius 1 is 1.42 bits per heavy atom. The molecule has 0 amide bonds. The van der Waals surface area contributed by atoms with E-state index in [1.54, 1.807) is 6.20 Å². The second kappa shape index (κ2) is 4.72. The van der Waals surface area contributed by atoms with Gasteiger partial charge in [-0.15, -0.1) is 0 Å². The Morgan fingerprint density at radius 2 is 2.26 bits per heavy atom. The molecule has 0 saturated carbocycles. The van der Waals surface area contributed by atoms with Crippen LogP contribution in [0, 0.1) is 0 Å². The van der Waals surface area contributed by atoms with Crippen LogP contribution in [0.15, 0.2) is 6.20 Å². The molecular weight excluding hydrogens is 264 g/mol. The average molecular weight is 282 g/mol. The first-order valence-electron chi connectivity index (χ1n) is 6.59. The van der Waals surface area contributed by atoms with Gasteiger partial charge < -0.3 is 10.6 Å². The number of rotatable bonds is 1. The van der Waals surface area contributed by atoms with Crippen LogP contribution in [-0.2, 0) is 22.0 Å². The quantitative estimate of drug-likeness (QED) is 0.772. The van der Waals surface area contributed by atoms with Gasteiger partial charge in [0.15, 0.2) is 9.84 Å². The van der Waals surface area contributed by atoms with Gasteiger partial charge in [0.05, 0.1) is 17.2 Å². The normalized spacial score (nSPS) is 25.9. The predicted octanol–water partition coefficient (Wildman–Crippen LogP) is -0.125. The maximum Gasteiger partial charge on any atom is 0.225 e. The van der Waals surface area contributed by atoms with Gasteiger partial charge in [-0.2, -0.15) is 0 Å². The molecule has 2 N–H and O–H groups in total. The van der Waals surface area contributed by atoms with Crippen LogP contribution >= 0.6 is 0 Å². The van der Waals surface area contributed by atoms with Gasteiger partial charge in [0.2, 0.25) is 5.95 Å². The van der Waals surface area contributed by atoms with E-state index in [0.29, 0.717) is 12.4 Å². The van der Waals surface area contributed by atoms with Gasteiger partial charge in [-0.05, 0) is 12.8 Å². The highest BCUT2D eigenvalue weighted by Crippen LogP contribution is 2.22. The molecule has 0 spiro atoms. The van der Waals surface area contributed by atoms with Crippen molar-refractivity contribution in [2.24, 2.45) is 5.73 Å². The number of piperidine rings is 1. The molecular formula is C12H18N4O2S. The fourth-order valence-corrected chi connectivity index (χ4v) is 4.04. The number of nitrogens with zero attached hydrogens (tertiary/aromatic N) is 3. The summed E-state index contributed by atoms with van der Waals surface area (Å²) in [4.78, 5) is 10.9. The van der Waals surface area contributed by atoms with Gasteiger partial charge in [0, 0.05) is 37.3 Å². The minimum absolute atomic E-state index is 0.0716. The monoisotopic (exact) mass is 282 g/mol. The summed E-state index contributed by atoms with van der Waals surface area (Å²) in [6.07, 6.45) is 4.25. The second-order valence-corrected chi connectivity index (χ2v) is 7.52. The van der Waals surface area contributed by atoms with E-state index >= 15 is 0 Å². The summed E-state index contributed by atoms with van der Waals surface area (Å²) < 4.78 is 23.1. The maximum atomic E-state index is 11.6. The van der Waals surface area contributed by atoms with E-state index in [-0.39, 0.29) is 17.5 Å². The molecule has 6 nitrogen and oxygen atoms in total. The molecule has 7 heteroatoms. The Morgan fingerprint density at radius 3 is 3.05 bits per heavy atom. The van der Waals surface area contributed by atoms with Gasteiger partial charge in [0.1, 0.15) is 0 Å². The molecule has 0 aromatic carbocycles. The maximum absolute atomic E-state index is 11.6. The van der Waals surface area contributed by atoms with Crippen LogP contribution in [0.4, 0.5) is 5.95 Å². The molecule has 1 fully saturated rings. The number of fused-ring (bicyclic) bond motifs is 1. The summed E-state index contributed by atoms with van der Waals surface area (Å²) in [5.74, 6) is 0.950. The number of aryl methyl sites for hydroxylation is 1. The number of aromatic nitrogens is 2. The first-order valence-corrected chi connectivity index (χ1v) is 8.41. The third kappa shape index (κ3) is 2.71. The zero-order chi connectivity index (χ0) is 13.5. The summed E-state index contributed by atoms with van der Waals surface area (Å²) in [5, 5.41) is 0. The smallest absolute Gasteiger partial charge is 0.225 e. The molecule has 2 aliphatic rings. The summed E-state index contributed by atoms with van der Waals surface area (Å²) in [6.45, 7) is 1.70. The van der Waals surface area contributed by atoms with Crippen LogP contribution < -0.4 is 10.6 Å². The van der Waals surface area contributed by atoms with Crippen molar-refractivity contribution in [2.75, 3.05) is 23.7 Å². The van der Waals surface area contributed by atoms with E-state index in [0.717, 1.165) is 37.2 Å². The number of sulfone groups is 1. The lowest BCUT2D eigenvalue weighted by molar-refractivity contribution is 0.499. The molecule has 1 unspecified atom stereocenters. The predicted molar refractivity (Wildman–Crippen MR) is 72.6 cm³/mol. The molecule has 0 aliphatic carbocycles. The van der Waals surface area contributed by atoms with E-state index in [1.807, 2.05) is 0 Å². The molecule has 1 saturated heterocycles. The zero-order valence-electron chi connectivity index (χ0n) is 10.7. The lowest BCUT2D eigenvalue weighted by Gasteiger charge is -2.31. The SMILES string of the molecule is NC1CCCN(c2ncc3c(n2)CCS(=O)(=O)C3)C1. The van der Waals surface area contributed by atoms with E-state index in [1.165, 1.54) is 0 Å². The van der Waals surface area contributed by atoms with E-state index in [2.05, 4.69) is 14.9 Å². The molecule has 2 aliphatic heterocycles. The average Bonchev–Trinajstić information content (AvgIpc) is 2.37. The van der Waals surface area contributed by atoms with Gasteiger partial charge in [-0.25, -0.2) is 18.4 Å². The van der Waals surface area contributed by atoms with Gasteiger partial charge in [-0.3, -0.25) is 0 Å². The Hall–Kier alpha value is -1.21. The van der Waals surface area contributed by atoms with E-state index < -0.39 is 9.84 Å². The Kier molecular flexibility index (Phi) is 3.18. The summed E-state index contributed by atoms with van der Waals surface area (Å²) in [7, 11) is -2.96. The first-order chi connectivity index (χ1) is 9.03. The highest BCUT2D eigenvalue weighted by Gasteiger charge is 2.25. The Bertz CT molecular complexity index is 587. The van der Waals surface area contributed by atoms with Crippen molar-refractivity contribution in [3.63, 3.8) is 0 Å².